The Hall–Kier alpha value is -0.860. The molecule has 5 rings (SSSR count). The Balaban J connectivity index is 1.67. The molecule has 0 N–H and O–H groups in total. The predicted molar refractivity (Wildman–Crippen MR) is 94.0 cm³/mol. The molecule has 4 bridgehead atoms. The van der Waals surface area contributed by atoms with Gasteiger partial charge in [0.1, 0.15) is 6.23 Å². The minimum atomic E-state index is 0.160. The molecule has 4 saturated carbocycles. The van der Waals surface area contributed by atoms with Crippen molar-refractivity contribution in [3.63, 3.8) is 0 Å². The van der Waals surface area contributed by atoms with E-state index in [0.29, 0.717) is 5.41 Å². The van der Waals surface area contributed by atoms with E-state index in [-0.39, 0.29) is 12.3 Å². The maximum absolute atomic E-state index is 6.71. The van der Waals surface area contributed by atoms with Gasteiger partial charge in [-0.2, -0.15) is 0 Å². The molecule has 0 spiro atoms. The van der Waals surface area contributed by atoms with Crippen LogP contribution in [0, 0.1) is 23.2 Å². The highest BCUT2D eigenvalue weighted by Crippen LogP contribution is 2.64. The highest BCUT2D eigenvalue weighted by atomic mass is 16.5. The van der Waals surface area contributed by atoms with Gasteiger partial charge < -0.3 is 4.74 Å². The van der Waals surface area contributed by atoms with Gasteiger partial charge in [0.25, 0.3) is 0 Å². The van der Waals surface area contributed by atoms with Crippen LogP contribution >= 0.6 is 0 Å². The zero-order chi connectivity index (χ0) is 16.0. The Morgan fingerprint density at radius 1 is 0.957 bits per heavy atom. The van der Waals surface area contributed by atoms with Crippen molar-refractivity contribution < 1.29 is 4.74 Å². The van der Waals surface area contributed by atoms with E-state index in [1.807, 2.05) is 0 Å². The van der Waals surface area contributed by atoms with Crippen LogP contribution in [0.25, 0.3) is 0 Å². The lowest BCUT2D eigenvalue weighted by atomic mass is 9.47. The molecule has 2 atom stereocenters. The van der Waals surface area contributed by atoms with Crippen molar-refractivity contribution in [2.45, 2.75) is 57.8 Å². The smallest absolute Gasteiger partial charge is 0.108 e. The highest BCUT2D eigenvalue weighted by Gasteiger charge is 2.55. The van der Waals surface area contributed by atoms with Crippen LogP contribution in [0.5, 0.6) is 0 Å². The third kappa shape index (κ3) is 2.85. The predicted octanol–water partition coefficient (Wildman–Crippen LogP) is 4.87. The van der Waals surface area contributed by atoms with Crippen LogP contribution in [0.1, 0.15) is 57.1 Å². The monoisotopic (exact) mass is 313 g/mol. The second-order valence-electron chi connectivity index (χ2n) is 8.77. The number of hydrogen-bond acceptors (Lipinski definition) is 2. The highest BCUT2D eigenvalue weighted by molar-refractivity contribution is 5.22. The fraction of sp³-hybridized carbons (Fsp3) is 0.714. The maximum atomic E-state index is 6.71. The summed E-state index contributed by atoms with van der Waals surface area (Å²) < 4.78 is 6.71. The summed E-state index contributed by atoms with van der Waals surface area (Å²) in [5, 5.41) is 0. The number of ether oxygens (including phenoxy) is 1. The molecule has 0 radical (unpaired) electrons. The van der Waals surface area contributed by atoms with E-state index in [9.17, 15) is 0 Å². The average Bonchev–Trinajstić information content (AvgIpc) is 2.51. The first-order chi connectivity index (χ1) is 11.1. The van der Waals surface area contributed by atoms with Crippen LogP contribution in [-0.2, 0) is 4.74 Å². The molecule has 0 aliphatic heterocycles. The fourth-order valence-corrected chi connectivity index (χ4v) is 6.02. The number of rotatable bonds is 5. The number of benzene rings is 1. The number of nitrogens with zero attached hydrogens (tertiary/aromatic N) is 1. The first-order valence-corrected chi connectivity index (χ1v) is 9.42. The first kappa shape index (κ1) is 15.7. The Bertz CT molecular complexity index is 503. The Kier molecular flexibility index (Phi) is 4.01. The van der Waals surface area contributed by atoms with Gasteiger partial charge in [0.2, 0.25) is 0 Å². The topological polar surface area (TPSA) is 12.5 Å². The van der Waals surface area contributed by atoms with Crippen LogP contribution in [0.3, 0.4) is 0 Å². The van der Waals surface area contributed by atoms with Crippen LogP contribution in [0.2, 0.25) is 0 Å². The van der Waals surface area contributed by atoms with Crippen molar-refractivity contribution in [2.75, 3.05) is 14.1 Å². The van der Waals surface area contributed by atoms with E-state index in [0.717, 1.165) is 17.8 Å². The fourth-order valence-electron chi connectivity index (χ4n) is 6.02. The Morgan fingerprint density at radius 3 is 1.96 bits per heavy atom. The van der Waals surface area contributed by atoms with Crippen LogP contribution < -0.4 is 0 Å². The standard InChI is InChI=1S/C21H31NO/c1-15(22(2)3)23-20(19-7-5-4-6-8-19)21-12-16-9-17(13-21)11-18(10-16)14-21/h4-8,15-18,20H,9-14H2,1-3H3. The molecule has 4 aliphatic rings. The van der Waals surface area contributed by atoms with Crippen molar-refractivity contribution in [3.05, 3.63) is 35.9 Å². The summed E-state index contributed by atoms with van der Waals surface area (Å²) >= 11 is 0. The molecule has 2 unspecified atom stereocenters. The maximum Gasteiger partial charge on any atom is 0.108 e. The lowest BCUT2D eigenvalue weighted by Gasteiger charge is -2.59. The summed E-state index contributed by atoms with van der Waals surface area (Å²) in [4.78, 5) is 2.19. The SMILES string of the molecule is CC(OC(c1ccccc1)C12CC3CC(CC(C3)C1)C2)N(C)C. The summed E-state index contributed by atoms with van der Waals surface area (Å²) in [6.07, 6.45) is 9.05. The van der Waals surface area contributed by atoms with Gasteiger partial charge in [-0.05, 0) is 82.9 Å². The second kappa shape index (κ2) is 5.89. The summed E-state index contributed by atoms with van der Waals surface area (Å²) in [5.41, 5.74) is 1.78. The van der Waals surface area contributed by atoms with Crippen molar-refractivity contribution in [1.82, 2.24) is 4.90 Å². The molecule has 4 aliphatic carbocycles. The van der Waals surface area contributed by atoms with E-state index in [2.05, 4.69) is 56.3 Å². The molecular formula is C21H31NO. The average molecular weight is 313 g/mol. The summed E-state index contributed by atoms with van der Waals surface area (Å²) in [7, 11) is 4.23. The van der Waals surface area contributed by atoms with Crippen LogP contribution in [0.4, 0.5) is 0 Å². The second-order valence-corrected chi connectivity index (χ2v) is 8.77. The molecule has 0 amide bonds. The van der Waals surface area contributed by atoms with E-state index >= 15 is 0 Å². The van der Waals surface area contributed by atoms with Crippen LogP contribution in [0.15, 0.2) is 30.3 Å². The molecule has 0 heterocycles. The van der Waals surface area contributed by atoms with E-state index in [1.54, 1.807) is 0 Å². The summed E-state index contributed by atoms with van der Waals surface area (Å²) in [6, 6.07) is 11.0. The van der Waals surface area contributed by atoms with E-state index < -0.39 is 0 Å². The van der Waals surface area contributed by atoms with Gasteiger partial charge >= 0.3 is 0 Å². The van der Waals surface area contributed by atoms with Crippen molar-refractivity contribution >= 4 is 0 Å². The summed E-state index contributed by atoms with van der Waals surface area (Å²) in [6.45, 7) is 2.19. The third-order valence-electron chi connectivity index (χ3n) is 6.80. The third-order valence-corrected chi connectivity index (χ3v) is 6.80. The van der Waals surface area contributed by atoms with Gasteiger partial charge in [0.15, 0.2) is 0 Å². The van der Waals surface area contributed by atoms with Gasteiger partial charge in [-0.3, -0.25) is 4.90 Å². The molecule has 1 aromatic carbocycles. The zero-order valence-corrected chi connectivity index (χ0v) is 14.9. The Morgan fingerprint density at radius 2 is 1.48 bits per heavy atom. The molecule has 126 valence electrons. The minimum Gasteiger partial charge on any atom is -0.355 e. The normalized spacial score (nSPS) is 38.0. The van der Waals surface area contributed by atoms with E-state index in [4.69, 9.17) is 4.74 Å². The minimum absolute atomic E-state index is 0.160. The molecule has 2 heteroatoms. The largest absolute Gasteiger partial charge is 0.355 e. The van der Waals surface area contributed by atoms with Gasteiger partial charge in [-0.25, -0.2) is 0 Å². The van der Waals surface area contributed by atoms with Crippen molar-refractivity contribution in [2.24, 2.45) is 23.2 Å². The number of hydrogen-bond donors (Lipinski definition) is 0. The molecule has 0 aromatic heterocycles. The molecule has 23 heavy (non-hydrogen) atoms. The lowest BCUT2D eigenvalue weighted by Crippen LogP contribution is -2.50. The molecular weight excluding hydrogens is 282 g/mol. The van der Waals surface area contributed by atoms with Gasteiger partial charge in [-0.15, -0.1) is 0 Å². The molecule has 1 aromatic rings. The van der Waals surface area contributed by atoms with Crippen LogP contribution in [-0.4, -0.2) is 25.2 Å². The summed E-state index contributed by atoms with van der Waals surface area (Å²) in [5.74, 6) is 2.89. The quantitative estimate of drug-likeness (QED) is 0.719. The van der Waals surface area contributed by atoms with Crippen molar-refractivity contribution in [1.29, 1.82) is 0 Å². The molecule has 2 nitrogen and oxygen atoms in total. The molecule has 4 fully saturated rings. The Labute approximate surface area is 141 Å². The lowest BCUT2D eigenvalue weighted by molar-refractivity contribution is -0.182. The van der Waals surface area contributed by atoms with E-state index in [1.165, 1.54) is 44.1 Å². The van der Waals surface area contributed by atoms with Gasteiger partial charge in [0.05, 0.1) is 6.10 Å². The van der Waals surface area contributed by atoms with Gasteiger partial charge in [-0.1, -0.05) is 30.3 Å². The van der Waals surface area contributed by atoms with Crippen molar-refractivity contribution in [3.8, 4) is 0 Å². The van der Waals surface area contributed by atoms with Gasteiger partial charge in [0, 0.05) is 5.41 Å². The molecule has 0 saturated heterocycles. The first-order valence-electron chi connectivity index (χ1n) is 9.42. The zero-order valence-electron chi connectivity index (χ0n) is 14.9.